The van der Waals surface area contributed by atoms with Gasteiger partial charge >= 0.3 is 6.09 Å². The van der Waals surface area contributed by atoms with Crippen LogP contribution in [-0.2, 0) is 27.3 Å². The average Bonchev–Trinajstić information content (AvgIpc) is 2.70. The number of nitrogens with zero attached hydrogens (tertiary/aromatic N) is 1. The predicted molar refractivity (Wildman–Crippen MR) is 97.6 cm³/mol. The Balaban J connectivity index is 1.73. The highest BCUT2D eigenvalue weighted by Gasteiger charge is 2.32. The van der Waals surface area contributed by atoms with E-state index in [-0.39, 0.29) is 31.7 Å². The van der Waals surface area contributed by atoms with E-state index in [0.717, 1.165) is 16.8 Å². The highest BCUT2D eigenvalue weighted by molar-refractivity contribution is 5.92. The monoisotopic (exact) mass is 354 g/mol. The topological polar surface area (TPSA) is 67.9 Å². The molecule has 26 heavy (non-hydrogen) atoms. The smallest absolute Gasteiger partial charge is 0.414 e. The molecule has 2 aromatic rings. The standard InChI is InChI=1S/C20H22N2O4/c1-25-14-21-19(23)17-11-16-9-5-6-10-18(16)22(12-17)20(24)26-13-15-7-3-2-4-8-15/h2-10,17H,11-14H2,1H3,(H,21,23). The summed E-state index contributed by atoms with van der Waals surface area (Å²) in [6, 6.07) is 17.1. The van der Waals surface area contributed by atoms with E-state index in [4.69, 9.17) is 9.47 Å². The zero-order valence-electron chi connectivity index (χ0n) is 14.7. The second-order valence-electron chi connectivity index (χ2n) is 6.15. The van der Waals surface area contributed by atoms with Gasteiger partial charge in [0.2, 0.25) is 5.91 Å². The van der Waals surface area contributed by atoms with Crippen LogP contribution in [0.15, 0.2) is 54.6 Å². The van der Waals surface area contributed by atoms with Crippen molar-refractivity contribution in [2.24, 2.45) is 5.92 Å². The Bertz CT molecular complexity index is 763. The van der Waals surface area contributed by atoms with E-state index in [0.29, 0.717) is 6.42 Å². The zero-order chi connectivity index (χ0) is 18.4. The number of amides is 2. The van der Waals surface area contributed by atoms with Crippen molar-refractivity contribution in [3.05, 3.63) is 65.7 Å². The molecule has 0 radical (unpaired) electrons. The van der Waals surface area contributed by atoms with Gasteiger partial charge in [-0.1, -0.05) is 48.5 Å². The van der Waals surface area contributed by atoms with Gasteiger partial charge in [0.05, 0.1) is 11.6 Å². The molecule has 2 amide bonds. The number of rotatable bonds is 5. The van der Waals surface area contributed by atoms with Crippen LogP contribution in [0.5, 0.6) is 0 Å². The normalized spacial score (nSPS) is 15.9. The van der Waals surface area contributed by atoms with Crippen LogP contribution < -0.4 is 10.2 Å². The van der Waals surface area contributed by atoms with Crippen molar-refractivity contribution in [2.75, 3.05) is 25.3 Å². The lowest BCUT2D eigenvalue weighted by Crippen LogP contribution is -2.46. The second kappa shape index (κ2) is 8.49. The number of hydrogen-bond donors (Lipinski definition) is 1. The number of hydrogen-bond acceptors (Lipinski definition) is 4. The number of benzene rings is 2. The van der Waals surface area contributed by atoms with Gasteiger partial charge < -0.3 is 14.8 Å². The summed E-state index contributed by atoms with van der Waals surface area (Å²) in [5.41, 5.74) is 2.66. The molecule has 0 spiro atoms. The third-order valence-electron chi connectivity index (χ3n) is 4.34. The SMILES string of the molecule is COCNC(=O)C1Cc2ccccc2N(C(=O)OCc2ccccc2)C1. The van der Waals surface area contributed by atoms with Crippen molar-refractivity contribution in [3.63, 3.8) is 0 Å². The van der Waals surface area contributed by atoms with E-state index in [1.807, 2.05) is 54.6 Å². The summed E-state index contributed by atoms with van der Waals surface area (Å²) in [5, 5.41) is 2.71. The van der Waals surface area contributed by atoms with Crippen molar-refractivity contribution in [1.29, 1.82) is 0 Å². The third-order valence-corrected chi connectivity index (χ3v) is 4.34. The molecular formula is C20H22N2O4. The molecule has 0 saturated heterocycles. The van der Waals surface area contributed by atoms with Crippen molar-refractivity contribution in [1.82, 2.24) is 5.32 Å². The van der Waals surface area contributed by atoms with Gasteiger partial charge in [0.1, 0.15) is 13.3 Å². The lowest BCUT2D eigenvalue weighted by atomic mass is 9.92. The van der Waals surface area contributed by atoms with Gasteiger partial charge in [0, 0.05) is 13.7 Å². The van der Waals surface area contributed by atoms with Crippen LogP contribution in [0.25, 0.3) is 0 Å². The van der Waals surface area contributed by atoms with E-state index < -0.39 is 6.09 Å². The van der Waals surface area contributed by atoms with Gasteiger partial charge in [-0.15, -0.1) is 0 Å². The fourth-order valence-electron chi connectivity index (χ4n) is 3.03. The van der Waals surface area contributed by atoms with Gasteiger partial charge in [0.15, 0.2) is 0 Å². The number of carbonyl (C=O) groups excluding carboxylic acids is 2. The molecule has 136 valence electrons. The van der Waals surface area contributed by atoms with E-state index in [9.17, 15) is 9.59 Å². The summed E-state index contributed by atoms with van der Waals surface area (Å²) in [5.74, 6) is -0.480. The summed E-state index contributed by atoms with van der Waals surface area (Å²) in [4.78, 5) is 26.5. The van der Waals surface area contributed by atoms with Crippen LogP contribution >= 0.6 is 0 Å². The molecule has 0 aromatic heterocycles. The van der Waals surface area contributed by atoms with Crippen molar-refractivity contribution >= 4 is 17.7 Å². The van der Waals surface area contributed by atoms with Crippen molar-refractivity contribution < 1.29 is 19.1 Å². The highest BCUT2D eigenvalue weighted by atomic mass is 16.6. The Hall–Kier alpha value is -2.86. The molecule has 1 aliphatic heterocycles. The minimum absolute atomic E-state index is 0.137. The first kappa shape index (κ1) is 17.9. The number of carbonyl (C=O) groups is 2. The summed E-state index contributed by atoms with van der Waals surface area (Å²) in [7, 11) is 1.52. The lowest BCUT2D eigenvalue weighted by Gasteiger charge is -2.33. The first-order chi connectivity index (χ1) is 12.7. The van der Waals surface area contributed by atoms with Gasteiger partial charge in [-0.3, -0.25) is 9.69 Å². The lowest BCUT2D eigenvalue weighted by molar-refractivity contribution is -0.126. The maximum absolute atomic E-state index is 12.7. The van der Waals surface area contributed by atoms with Crippen LogP contribution in [0, 0.1) is 5.92 Å². The fraction of sp³-hybridized carbons (Fsp3) is 0.300. The quantitative estimate of drug-likeness (QED) is 0.839. The Morgan fingerprint density at radius 2 is 1.85 bits per heavy atom. The van der Waals surface area contributed by atoms with Gasteiger partial charge in [-0.05, 0) is 23.6 Å². The molecule has 1 aliphatic rings. The largest absolute Gasteiger partial charge is 0.444 e. The molecule has 0 saturated carbocycles. The second-order valence-corrected chi connectivity index (χ2v) is 6.15. The maximum Gasteiger partial charge on any atom is 0.414 e. The van der Waals surface area contributed by atoms with E-state index in [1.165, 1.54) is 7.11 Å². The fourth-order valence-corrected chi connectivity index (χ4v) is 3.03. The molecule has 1 unspecified atom stereocenters. The highest BCUT2D eigenvalue weighted by Crippen LogP contribution is 2.30. The van der Waals surface area contributed by atoms with E-state index >= 15 is 0 Å². The van der Waals surface area contributed by atoms with Gasteiger partial charge in [0.25, 0.3) is 0 Å². The Labute approximate surface area is 152 Å². The number of nitrogens with one attached hydrogen (secondary N) is 1. The molecule has 0 fully saturated rings. The maximum atomic E-state index is 12.7. The summed E-state index contributed by atoms with van der Waals surface area (Å²) in [6.45, 7) is 0.620. The van der Waals surface area contributed by atoms with Crippen molar-refractivity contribution in [3.8, 4) is 0 Å². The molecular weight excluding hydrogens is 332 g/mol. The van der Waals surface area contributed by atoms with Crippen LogP contribution in [0.3, 0.4) is 0 Å². The number of ether oxygens (including phenoxy) is 2. The molecule has 0 bridgehead atoms. The number of para-hydroxylation sites is 1. The van der Waals surface area contributed by atoms with E-state index in [1.54, 1.807) is 4.90 Å². The Kier molecular flexibility index (Phi) is 5.86. The molecule has 1 N–H and O–H groups in total. The van der Waals surface area contributed by atoms with Gasteiger partial charge in [-0.25, -0.2) is 4.79 Å². The van der Waals surface area contributed by atoms with Crippen LogP contribution in [0.2, 0.25) is 0 Å². The molecule has 1 atom stereocenters. The minimum Gasteiger partial charge on any atom is -0.444 e. The number of methoxy groups -OCH3 is 1. The minimum atomic E-state index is -0.453. The Morgan fingerprint density at radius 1 is 1.12 bits per heavy atom. The summed E-state index contributed by atoms with van der Waals surface area (Å²) in [6.07, 6.45) is 0.124. The zero-order valence-corrected chi connectivity index (χ0v) is 14.7. The number of fused-ring (bicyclic) bond motifs is 1. The number of anilines is 1. The van der Waals surface area contributed by atoms with Crippen LogP contribution in [0.4, 0.5) is 10.5 Å². The molecule has 6 nitrogen and oxygen atoms in total. The molecule has 6 heteroatoms. The molecule has 3 rings (SSSR count). The predicted octanol–water partition coefficient (Wildman–Crippen LogP) is 2.72. The van der Waals surface area contributed by atoms with Crippen LogP contribution in [0.1, 0.15) is 11.1 Å². The third kappa shape index (κ3) is 4.21. The molecule has 1 heterocycles. The first-order valence-electron chi connectivity index (χ1n) is 8.52. The molecule has 0 aliphatic carbocycles. The summed E-state index contributed by atoms with van der Waals surface area (Å²) < 4.78 is 10.4. The average molecular weight is 354 g/mol. The van der Waals surface area contributed by atoms with Crippen molar-refractivity contribution in [2.45, 2.75) is 13.0 Å². The Morgan fingerprint density at radius 3 is 2.62 bits per heavy atom. The molecule has 2 aromatic carbocycles. The van der Waals surface area contributed by atoms with Gasteiger partial charge in [-0.2, -0.15) is 0 Å². The summed E-state index contributed by atoms with van der Waals surface area (Å²) >= 11 is 0. The van der Waals surface area contributed by atoms with Crippen LogP contribution in [-0.4, -0.2) is 32.4 Å². The first-order valence-corrected chi connectivity index (χ1v) is 8.52. The van der Waals surface area contributed by atoms with E-state index in [2.05, 4.69) is 5.32 Å².